The van der Waals surface area contributed by atoms with E-state index in [0.29, 0.717) is 12.3 Å². The lowest BCUT2D eigenvalue weighted by molar-refractivity contribution is -0.122. The Bertz CT molecular complexity index is 662. The second-order valence-electron chi connectivity index (χ2n) is 6.27. The lowest BCUT2D eigenvalue weighted by Gasteiger charge is -2.14. The van der Waals surface area contributed by atoms with Gasteiger partial charge in [-0.05, 0) is 51.8 Å². The quantitative estimate of drug-likeness (QED) is 0.874. The Morgan fingerprint density at radius 1 is 1.43 bits per heavy atom. The molecule has 1 aromatic heterocycles. The van der Waals surface area contributed by atoms with E-state index in [9.17, 15) is 4.79 Å². The summed E-state index contributed by atoms with van der Waals surface area (Å²) in [6.07, 6.45) is 2.74. The molecule has 0 radical (unpaired) electrons. The smallest absolute Gasteiger partial charge is 0.220 e. The van der Waals surface area contributed by atoms with E-state index in [1.165, 1.54) is 6.42 Å². The fourth-order valence-electron chi connectivity index (χ4n) is 3.28. The van der Waals surface area contributed by atoms with E-state index in [4.69, 9.17) is 4.42 Å². The first-order valence-electron chi connectivity index (χ1n) is 8.13. The first-order chi connectivity index (χ1) is 10.6. The number of furan rings is 1. The largest absolute Gasteiger partial charge is 0.459 e. The third-order valence-corrected chi connectivity index (χ3v) is 4.59. The SMILES string of the molecule is Cc1c(C(C)NC(=O)CCC2CCNC2)oc2ccccc12.Cl. The summed E-state index contributed by atoms with van der Waals surface area (Å²) in [6, 6.07) is 7.90. The standard InChI is InChI=1S/C18H24N2O2.ClH/c1-12-15-5-3-4-6-16(15)22-18(12)13(2)20-17(21)8-7-14-9-10-19-11-14;/h3-6,13-14,19H,7-11H2,1-2H3,(H,20,21);1H. The van der Waals surface area contributed by atoms with Gasteiger partial charge < -0.3 is 15.1 Å². The number of halogens is 1. The highest BCUT2D eigenvalue weighted by Crippen LogP contribution is 2.29. The van der Waals surface area contributed by atoms with E-state index in [1.807, 2.05) is 32.0 Å². The number of para-hydroxylation sites is 1. The van der Waals surface area contributed by atoms with Crippen molar-refractivity contribution in [1.29, 1.82) is 0 Å². The Labute approximate surface area is 143 Å². The summed E-state index contributed by atoms with van der Waals surface area (Å²) < 4.78 is 5.91. The van der Waals surface area contributed by atoms with Crippen LogP contribution in [0.5, 0.6) is 0 Å². The van der Waals surface area contributed by atoms with Gasteiger partial charge >= 0.3 is 0 Å². The van der Waals surface area contributed by atoms with Gasteiger partial charge in [0.1, 0.15) is 11.3 Å². The van der Waals surface area contributed by atoms with Crippen LogP contribution in [0, 0.1) is 12.8 Å². The maximum Gasteiger partial charge on any atom is 0.220 e. The highest BCUT2D eigenvalue weighted by Gasteiger charge is 2.20. The zero-order valence-corrected chi connectivity index (χ0v) is 14.5. The second kappa shape index (κ2) is 7.84. The number of amides is 1. The normalized spacial score (nSPS) is 18.6. The fraction of sp³-hybridized carbons (Fsp3) is 0.500. The van der Waals surface area contributed by atoms with Crippen molar-refractivity contribution >= 4 is 29.3 Å². The number of rotatable bonds is 5. The third kappa shape index (κ3) is 4.06. The zero-order chi connectivity index (χ0) is 15.5. The van der Waals surface area contributed by atoms with Gasteiger partial charge in [-0.25, -0.2) is 0 Å². The van der Waals surface area contributed by atoms with Crippen LogP contribution in [0.1, 0.15) is 43.6 Å². The molecule has 1 fully saturated rings. The fourth-order valence-corrected chi connectivity index (χ4v) is 3.28. The lowest BCUT2D eigenvalue weighted by atomic mass is 10.0. The highest BCUT2D eigenvalue weighted by molar-refractivity contribution is 5.85. The van der Waals surface area contributed by atoms with E-state index < -0.39 is 0 Å². The molecule has 4 nitrogen and oxygen atoms in total. The molecule has 3 rings (SSSR count). The second-order valence-corrected chi connectivity index (χ2v) is 6.27. The van der Waals surface area contributed by atoms with Crippen molar-refractivity contribution in [3.63, 3.8) is 0 Å². The molecule has 23 heavy (non-hydrogen) atoms. The number of aryl methyl sites for hydroxylation is 1. The van der Waals surface area contributed by atoms with Crippen molar-refractivity contribution in [3.05, 3.63) is 35.6 Å². The van der Waals surface area contributed by atoms with Crippen molar-refractivity contribution in [3.8, 4) is 0 Å². The Morgan fingerprint density at radius 3 is 2.91 bits per heavy atom. The lowest BCUT2D eigenvalue weighted by Crippen LogP contribution is -2.27. The molecule has 2 atom stereocenters. The van der Waals surface area contributed by atoms with Crippen LogP contribution >= 0.6 is 12.4 Å². The predicted octanol–water partition coefficient (Wildman–Crippen LogP) is 3.73. The van der Waals surface area contributed by atoms with Crippen molar-refractivity contribution in [2.75, 3.05) is 13.1 Å². The molecule has 0 saturated carbocycles. The molecule has 0 bridgehead atoms. The van der Waals surface area contributed by atoms with Crippen LogP contribution in [0.2, 0.25) is 0 Å². The molecule has 1 aromatic carbocycles. The van der Waals surface area contributed by atoms with Crippen molar-refractivity contribution in [2.24, 2.45) is 5.92 Å². The summed E-state index contributed by atoms with van der Waals surface area (Å²) >= 11 is 0. The summed E-state index contributed by atoms with van der Waals surface area (Å²) in [5, 5.41) is 7.53. The molecule has 0 spiro atoms. The summed E-state index contributed by atoms with van der Waals surface area (Å²) in [4.78, 5) is 12.1. The van der Waals surface area contributed by atoms with Gasteiger partial charge in [0.15, 0.2) is 0 Å². The van der Waals surface area contributed by atoms with E-state index >= 15 is 0 Å². The molecule has 2 N–H and O–H groups in total. The van der Waals surface area contributed by atoms with Gasteiger partial charge in [-0.2, -0.15) is 0 Å². The molecule has 1 aliphatic rings. The Hall–Kier alpha value is -1.52. The number of carbonyl (C=O) groups is 1. The molecule has 2 unspecified atom stereocenters. The molecule has 126 valence electrons. The molecule has 1 aliphatic heterocycles. The minimum atomic E-state index is -0.0957. The maximum absolute atomic E-state index is 12.1. The van der Waals surface area contributed by atoms with E-state index in [1.54, 1.807) is 0 Å². The number of hydrogen-bond donors (Lipinski definition) is 2. The van der Waals surface area contributed by atoms with E-state index in [-0.39, 0.29) is 24.4 Å². The molecule has 1 saturated heterocycles. The van der Waals surface area contributed by atoms with Crippen LogP contribution in [-0.2, 0) is 4.79 Å². The molecule has 1 amide bonds. The van der Waals surface area contributed by atoms with Gasteiger partial charge in [0, 0.05) is 17.4 Å². The first-order valence-corrected chi connectivity index (χ1v) is 8.13. The van der Waals surface area contributed by atoms with Gasteiger partial charge in [0.25, 0.3) is 0 Å². The monoisotopic (exact) mass is 336 g/mol. The Morgan fingerprint density at radius 2 is 2.22 bits per heavy atom. The number of nitrogens with one attached hydrogen (secondary N) is 2. The zero-order valence-electron chi connectivity index (χ0n) is 13.7. The summed E-state index contributed by atoms with van der Waals surface area (Å²) in [5.41, 5.74) is 2.00. The van der Waals surface area contributed by atoms with Gasteiger partial charge in [-0.15, -0.1) is 12.4 Å². The van der Waals surface area contributed by atoms with Crippen LogP contribution in [0.4, 0.5) is 0 Å². The average molecular weight is 337 g/mol. The van der Waals surface area contributed by atoms with E-state index in [0.717, 1.165) is 41.8 Å². The minimum absolute atomic E-state index is 0. The number of hydrogen-bond acceptors (Lipinski definition) is 3. The van der Waals surface area contributed by atoms with Crippen LogP contribution in [0.25, 0.3) is 11.0 Å². The van der Waals surface area contributed by atoms with Gasteiger partial charge in [0.05, 0.1) is 6.04 Å². The molecular formula is C18H25ClN2O2. The maximum atomic E-state index is 12.1. The minimum Gasteiger partial charge on any atom is -0.459 e. The molecule has 2 aromatic rings. The summed E-state index contributed by atoms with van der Waals surface area (Å²) in [5.74, 6) is 1.62. The van der Waals surface area contributed by atoms with E-state index in [2.05, 4.69) is 16.7 Å². The van der Waals surface area contributed by atoms with Crippen LogP contribution in [-0.4, -0.2) is 19.0 Å². The topological polar surface area (TPSA) is 54.3 Å². The number of fused-ring (bicyclic) bond motifs is 1. The molecule has 2 heterocycles. The van der Waals surface area contributed by atoms with Gasteiger partial charge in [0.2, 0.25) is 5.91 Å². The first kappa shape index (κ1) is 17.8. The summed E-state index contributed by atoms with van der Waals surface area (Å²) in [6.45, 7) is 6.17. The molecule has 0 aliphatic carbocycles. The summed E-state index contributed by atoms with van der Waals surface area (Å²) in [7, 11) is 0. The van der Waals surface area contributed by atoms with Crippen LogP contribution in [0.3, 0.4) is 0 Å². The Balaban J connectivity index is 0.00000192. The van der Waals surface area contributed by atoms with Crippen molar-refractivity contribution < 1.29 is 9.21 Å². The van der Waals surface area contributed by atoms with Crippen LogP contribution < -0.4 is 10.6 Å². The van der Waals surface area contributed by atoms with Gasteiger partial charge in [-0.3, -0.25) is 4.79 Å². The van der Waals surface area contributed by atoms with Gasteiger partial charge in [-0.1, -0.05) is 18.2 Å². The van der Waals surface area contributed by atoms with Crippen molar-refractivity contribution in [1.82, 2.24) is 10.6 Å². The third-order valence-electron chi connectivity index (χ3n) is 4.59. The molecular weight excluding hydrogens is 312 g/mol. The van der Waals surface area contributed by atoms with Crippen molar-refractivity contribution in [2.45, 2.75) is 39.2 Å². The van der Waals surface area contributed by atoms with Crippen LogP contribution in [0.15, 0.2) is 28.7 Å². The Kier molecular flexibility index (Phi) is 6.08. The number of benzene rings is 1. The predicted molar refractivity (Wildman–Crippen MR) is 95.0 cm³/mol. The average Bonchev–Trinajstić information content (AvgIpc) is 3.14. The highest BCUT2D eigenvalue weighted by atomic mass is 35.5. The molecule has 5 heteroatoms. The number of carbonyl (C=O) groups excluding carboxylic acids is 1.